The van der Waals surface area contributed by atoms with E-state index in [1.165, 1.54) is 43.4 Å². The van der Waals surface area contributed by atoms with Gasteiger partial charge in [0.2, 0.25) is 0 Å². The number of nitrogens with one attached hydrogen (secondary N) is 1. The first-order valence-electron chi connectivity index (χ1n) is 8.98. The summed E-state index contributed by atoms with van der Waals surface area (Å²) in [4.78, 5) is 6.85. The smallest absolute Gasteiger partial charge is 0.189 e. The van der Waals surface area contributed by atoms with Crippen molar-refractivity contribution in [3.05, 3.63) is 29.8 Å². The molecule has 1 aromatic rings. The molecule has 0 aromatic heterocycles. The largest absolute Gasteiger partial charge is 0.372 e. The summed E-state index contributed by atoms with van der Waals surface area (Å²) in [7, 11) is 2.22. The van der Waals surface area contributed by atoms with Gasteiger partial charge in [-0.1, -0.05) is 38.3 Å². The second-order valence-electron chi connectivity index (χ2n) is 6.72. The van der Waals surface area contributed by atoms with Gasteiger partial charge >= 0.3 is 0 Å². The molecule has 1 unspecified atom stereocenters. The Bertz CT molecular complexity index is 495. The number of nitrogens with two attached hydrogens (primary N) is 1. The van der Waals surface area contributed by atoms with Crippen molar-refractivity contribution in [3.8, 4) is 0 Å². The number of benzene rings is 1. The van der Waals surface area contributed by atoms with Crippen LogP contribution in [-0.2, 0) is 6.54 Å². The molecular formula is C19H33IN4. The number of hydrogen-bond acceptors (Lipinski definition) is 2. The highest BCUT2D eigenvalue weighted by Crippen LogP contribution is 2.26. The molecule has 24 heavy (non-hydrogen) atoms. The summed E-state index contributed by atoms with van der Waals surface area (Å²) < 4.78 is 0. The first-order valence-corrected chi connectivity index (χ1v) is 8.98. The van der Waals surface area contributed by atoms with Crippen molar-refractivity contribution in [1.29, 1.82) is 0 Å². The Labute approximate surface area is 164 Å². The molecule has 1 fully saturated rings. The van der Waals surface area contributed by atoms with E-state index in [2.05, 4.69) is 60.4 Å². The lowest BCUT2D eigenvalue weighted by Crippen LogP contribution is -2.38. The van der Waals surface area contributed by atoms with Gasteiger partial charge in [-0.3, -0.25) is 0 Å². The number of guanidine groups is 1. The Hall–Kier alpha value is -0.980. The normalized spacial score (nSPS) is 17.0. The van der Waals surface area contributed by atoms with E-state index >= 15 is 0 Å². The molecule has 4 nitrogen and oxygen atoms in total. The fraction of sp³-hybridized carbons (Fsp3) is 0.632. The fourth-order valence-electron chi connectivity index (χ4n) is 3.09. The summed E-state index contributed by atoms with van der Waals surface area (Å²) in [5.41, 5.74) is 8.40. The van der Waals surface area contributed by atoms with Crippen molar-refractivity contribution in [2.45, 2.75) is 71.0 Å². The molecule has 0 spiro atoms. The van der Waals surface area contributed by atoms with Crippen LogP contribution in [0, 0.1) is 0 Å². The zero-order valence-electron chi connectivity index (χ0n) is 15.3. The second kappa shape index (κ2) is 10.8. The summed E-state index contributed by atoms with van der Waals surface area (Å²) >= 11 is 0. The van der Waals surface area contributed by atoms with Crippen LogP contribution in [0.1, 0.15) is 57.9 Å². The topological polar surface area (TPSA) is 53.6 Å². The van der Waals surface area contributed by atoms with Gasteiger partial charge in [0, 0.05) is 24.8 Å². The van der Waals surface area contributed by atoms with Crippen LogP contribution in [0.3, 0.4) is 0 Å². The van der Waals surface area contributed by atoms with Crippen molar-refractivity contribution < 1.29 is 0 Å². The lowest BCUT2D eigenvalue weighted by molar-refractivity contribution is 0.427. The maximum atomic E-state index is 5.90. The molecule has 1 saturated carbocycles. The number of halogens is 1. The third kappa shape index (κ3) is 6.49. The van der Waals surface area contributed by atoms with Crippen molar-refractivity contribution in [2.24, 2.45) is 10.7 Å². The summed E-state index contributed by atoms with van der Waals surface area (Å²) in [6, 6.07) is 9.80. The van der Waals surface area contributed by atoms with E-state index in [0.29, 0.717) is 24.6 Å². The van der Waals surface area contributed by atoms with E-state index in [4.69, 9.17) is 5.73 Å². The molecule has 1 aliphatic rings. The van der Waals surface area contributed by atoms with Crippen LogP contribution >= 0.6 is 24.0 Å². The first-order chi connectivity index (χ1) is 11.1. The first kappa shape index (κ1) is 21.1. The molecule has 1 atom stereocenters. The predicted octanol–water partition coefficient (Wildman–Crippen LogP) is 4.28. The lowest BCUT2D eigenvalue weighted by Gasteiger charge is -2.33. The average molecular weight is 444 g/mol. The minimum absolute atomic E-state index is 0. The molecule has 0 bridgehead atoms. The Morgan fingerprint density at radius 2 is 1.88 bits per heavy atom. The van der Waals surface area contributed by atoms with Crippen molar-refractivity contribution in [1.82, 2.24) is 5.32 Å². The van der Waals surface area contributed by atoms with Gasteiger partial charge in [-0.15, -0.1) is 24.0 Å². The molecule has 0 amide bonds. The Morgan fingerprint density at radius 1 is 1.25 bits per heavy atom. The molecule has 136 valence electrons. The SMILES string of the molecule is CCC(C)NC(N)=NCc1ccc(N(C)C2CCCCC2)cc1.I. The highest BCUT2D eigenvalue weighted by atomic mass is 127. The van der Waals surface area contributed by atoms with Crippen molar-refractivity contribution in [2.75, 3.05) is 11.9 Å². The van der Waals surface area contributed by atoms with E-state index < -0.39 is 0 Å². The molecule has 1 aliphatic carbocycles. The molecule has 2 rings (SSSR count). The van der Waals surface area contributed by atoms with Crippen molar-refractivity contribution >= 4 is 35.6 Å². The molecule has 0 aliphatic heterocycles. The van der Waals surface area contributed by atoms with Gasteiger partial charge in [0.25, 0.3) is 0 Å². The molecule has 0 saturated heterocycles. The zero-order valence-corrected chi connectivity index (χ0v) is 17.6. The van der Waals surface area contributed by atoms with E-state index in [0.717, 1.165) is 6.42 Å². The molecule has 3 N–H and O–H groups in total. The third-order valence-corrected chi connectivity index (χ3v) is 4.90. The van der Waals surface area contributed by atoms with E-state index in [-0.39, 0.29) is 24.0 Å². The minimum Gasteiger partial charge on any atom is -0.372 e. The van der Waals surface area contributed by atoms with Crippen LogP contribution in [0.15, 0.2) is 29.3 Å². The quantitative estimate of drug-likeness (QED) is 0.391. The van der Waals surface area contributed by atoms with Crippen molar-refractivity contribution in [3.63, 3.8) is 0 Å². The zero-order chi connectivity index (χ0) is 16.7. The fourth-order valence-corrected chi connectivity index (χ4v) is 3.09. The van der Waals surface area contributed by atoms with Gasteiger partial charge < -0.3 is 16.0 Å². The van der Waals surface area contributed by atoms with Crippen LogP contribution < -0.4 is 16.0 Å². The monoisotopic (exact) mass is 444 g/mol. The van der Waals surface area contributed by atoms with Gasteiger partial charge in [-0.25, -0.2) is 4.99 Å². The van der Waals surface area contributed by atoms with E-state index in [1.807, 2.05) is 0 Å². The average Bonchev–Trinajstić information content (AvgIpc) is 2.60. The standard InChI is InChI=1S/C19H32N4.HI/c1-4-15(2)22-19(20)21-14-16-10-12-18(13-11-16)23(3)17-8-6-5-7-9-17;/h10-13,15,17H,4-9,14H2,1-3H3,(H3,20,21,22);1H. The maximum absolute atomic E-state index is 5.90. The van der Waals surface area contributed by atoms with Gasteiger partial charge in [0.05, 0.1) is 6.54 Å². The van der Waals surface area contributed by atoms with Crippen LogP contribution in [-0.4, -0.2) is 25.1 Å². The number of anilines is 1. The van der Waals surface area contributed by atoms with Gasteiger partial charge in [0.1, 0.15) is 0 Å². The molecule has 1 aromatic carbocycles. The maximum Gasteiger partial charge on any atom is 0.189 e. The molecule has 0 radical (unpaired) electrons. The summed E-state index contributed by atoms with van der Waals surface area (Å²) in [5, 5.41) is 3.19. The Morgan fingerprint density at radius 3 is 2.46 bits per heavy atom. The molecule has 0 heterocycles. The van der Waals surface area contributed by atoms with Crippen LogP contribution in [0.2, 0.25) is 0 Å². The van der Waals surface area contributed by atoms with E-state index in [1.54, 1.807) is 0 Å². The predicted molar refractivity (Wildman–Crippen MR) is 115 cm³/mol. The minimum atomic E-state index is 0. The highest BCUT2D eigenvalue weighted by molar-refractivity contribution is 14.0. The van der Waals surface area contributed by atoms with Crippen LogP contribution in [0.4, 0.5) is 5.69 Å². The van der Waals surface area contributed by atoms with Crippen LogP contribution in [0.5, 0.6) is 0 Å². The number of nitrogens with zero attached hydrogens (tertiary/aromatic N) is 2. The number of hydrogen-bond donors (Lipinski definition) is 2. The number of aliphatic imine (C=N–C) groups is 1. The Balaban J connectivity index is 0.00000288. The lowest BCUT2D eigenvalue weighted by atomic mass is 9.94. The highest BCUT2D eigenvalue weighted by Gasteiger charge is 2.18. The van der Waals surface area contributed by atoms with E-state index in [9.17, 15) is 0 Å². The molecular weight excluding hydrogens is 411 g/mol. The Kier molecular flexibility index (Phi) is 9.48. The van der Waals surface area contributed by atoms with Gasteiger partial charge in [-0.05, 0) is 43.9 Å². The summed E-state index contributed by atoms with van der Waals surface area (Å²) in [5.74, 6) is 0.530. The second-order valence-corrected chi connectivity index (χ2v) is 6.72. The molecule has 5 heteroatoms. The summed E-state index contributed by atoms with van der Waals surface area (Å²) in [6.45, 7) is 4.87. The number of rotatable bonds is 6. The van der Waals surface area contributed by atoms with Crippen LogP contribution in [0.25, 0.3) is 0 Å². The third-order valence-electron chi connectivity index (χ3n) is 4.90. The van der Waals surface area contributed by atoms with Gasteiger partial charge in [0.15, 0.2) is 5.96 Å². The van der Waals surface area contributed by atoms with Gasteiger partial charge in [-0.2, -0.15) is 0 Å². The summed E-state index contributed by atoms with van der Waals surface area (Å²) in [6.07, 6.45) is 7.81.